The van der Waals surface area contributed by atoms with Crippen LogP contribution in [0.3, 0.4) is 0 Å². The zero-order valence-corrected chi connectivity index (χ0v) is 16.9. The number of hydrogen-bond acceptors (Lipinski definition) is 3. The van der Waals surface area contributed by atoms with Crippen molar-refractivity contribution < 1.29 is 9.59 Å². The molecule has 144 valence electrons. The number of benzene rings is 2. The van der Waals surface area contributed by atoms with Gasteiger partial charge in [0.15, 0.2) is 0 Å². The average molecular weight is 367 g/mol. The number of carbonyl (C=O) groups excluding carboxylic acids is 2. The third kappa shape index (κ3) is 5.84. The second kappa shape index (κ2) is 8.25. The molecule has 1 unspecified atom stereocenters. The van der Waals surface area contributed by atoms with Gasteiger partial charge in [-0.05, 0) is 62.2 Å². The van der Waals surface area contributed by atoms with Gasteiger partial charge in [0.1, 0.15) is 6.04 Å². The SMILES string of the molecule is Cc1ccc(C)c(NC(=O)C(C)Nc2ccc(NC(=O)C(C)(C)C)cc2)c1. The van der Waals surface area contributed by atoms with Crippen molar-refractivity contribution in [3.63, 3.8) is 0 Å². The first-order valence-electron chi connectivity index (χ1n) is 9.12. The van der Waals surface area contributed by atoms with Crippen molar-refractivity contribution in [1.29, 1.82) is 0 Å². The smallest absolute Gasteiger partial charge is 0.246 e. The van der Waals surface area contributed by atoms with Crippen LogP contribution >= 0.6 is 0 Å². The Kier molecular flexibility index (Phi) is 6.26. The normalized spacial score (nSPS) is 12.2. The standard InChI is InChI=1S/C22H29N3O2/c1-14-7-8-15(2)19(13-14)25-20(26)16(3)23-17-9-11-18(12-10-17)24-21(27)22(4,5)6/h7-13,16,23H,1-6H3,(H,24,27)(H,25,26). The summed E-state index contributed by atoms with van der Waals surface area (Å²) in [6.45, 7) is 11.4. The van der Waals surface area contributed by atoms with Crippen LogP contribution in [0.2, 0.25) is 0 Å². The largest absolute Gasteiger partial charge is 0.374 e. The summed E-state index contributed by atoms with van der Waals surface area (Å²) in [6, 6.07) is 12.9. The quantitative estimate of drug-likeness (QED) is 0.716. The molecule has 0 fully saturated rings. The minimum Gasteiger partial charge on any atom is -0.374 e. The molecule has 2 amide bonds. The fourth-order valence-corrected chi connectivity index (χ4v) is 2.40. The van der Waals surface area contributed by atoms with Crippen molar-refractivity contribution in [3.8, 4) is 0 Å². The molecule has 2 aromatic rings. The van der Waals surface area contributed by atoms with E-state index < -0.39 is 11.5 Å². The zero-order valence-electron chi connectivity index (χ0n) is 16.9. The highest BCUT2D eigenvalue weighted by Gasteiger charge is 2.21. The van der Waals surface area contributed by atoms with Gasteiger partial charge < -0.3 is 16.0 Å². The van der Waals surface area contributed by atoms with Gasteiger partial charge in [-0.15, -0.1) is 0 Å². The van der Waals surface area contributed by atoms with Gasteiger partial charge in [0, 0.05) is 22.5 Å². The predicted molar refractivity (Wildman–Crippen MR) is 112 cm³/mol. The third-order valence-electron chi connectivity index (χ3n) is 4.25. The molecule has 0 bridgehead atoms. The zero-order chi connectivity index (χ0) is 20.2. The molecule has 5 nitrogen and oxygen atoms in total. The summed E-state index contributed by atoms with van der Waals surface area (Å²) in [5.74, 6) is -0.140. The highest BCUT2D eigenvalue weighted by Crippen LogP contribution is 2.20. The maximum absolute atomic E-state index is 12.5. The topological polar surface area (TPSA) is 70.2 Å². The lowest BCUT2D eigenvalue weighted by atomic mass is 9.95. The lowest BCUT2D eigenvalue weighted by molar-refractivity contribution is -0.123. The van der Waals surface area contributed by atoms with Crippen molar-refractivity contribution in [2.75, 3.05) is 16.0 Å². The molecule has 0 radical (unpaired) electrons. The molecule has 5 heteroatoms. The number of anilines is 3. The molecule has 2 aromatic carbocycles. The van der Waals surface area contributed by atoms with Crippen LogP contribution in [-0.2, 0) is 9.59 Å². The fourth-order valence-electron chi connectivity index (χ4n) is 2.40. The Bertz CT molecular complexity index is 820. The lowest BCUT2D eigenvalue weighted by Crippen LogP contribution is -2.32. The van der Waals surface area contributed by atoms with E-state index in [1.54, 1.807) is 0 Å². The number of carbonyl (C=O) groups is 2. The first-order chi connectivity index (χ1) is 12.6. The Morgan fingerprint density at radius 1 is 0.889 bits per heavy atom. The molecule has 0 aromatic heterocycles. The summed E-state index contributed by atoms with van der Waals surface area (Å²) >= 11 is 0. The van der Waals surface area contributed by atoms with Crippen LogP contribution in [0.5, 0.6) is 0 Å². The fraction of sp³-hybridized carbons (Fsp3) is 0.364. The Morgan fingerprint density at radius 2 is 1.48 bits per heavy atom. The summed E-state index contributed by atoms with van der Waals surface area (Å²) in [5.41, 5.74) is 4.05. The molecule has 0 aliphatic carbocycles. The van der Waals surface area contributed by atoms with Crippen LogP contribution < -0.4 is 16.0 Å². The van der Waals surface area contributed by atoms with E-state index in [1.165, 1.54) is 0 Å². The maximum Gasteiger partial charge on any atom is 0.246 e. The van der Waals surface area contributed by atoms with E-state index in [4.69, 9.17) is 0 Å². The van der Waals surface area contributed by atoms with E-state index in [1.807, 2.05) is 84.0 Å². The highest BCUT2D eigenvalue weighted by molar-refractivity contribution is 5.97. The van der Waals surface area contributed by atoms with Gasteiger partial charge in [0.2, 0.25) is 11.8 Å². The van der Waals surface area contributed by atoms with Crippen molar-refractivity contribution >= 4 is 28.9 Å². The van der Waals surface area contributed by atoms with Gasteiger partial charge in [-0.3, -0.25) is 9.59 Å². The molecule has 27 heavy (non-hydrogen) atoms. The minimum atomic E-state index is -0.447. The molecule has 0 spiro atoms. The van der Waals surface area contributed by atoms with Gasteiger partial charge in [-0.2, -0.15) is 0 Å². The molecule has 0 aliphatic rings. The summed E-state index contributed by atoms with van der Waals surface area (Å²) in [5, 5.41) is 9.03. The summed E-state index contributed by atoms with van der Waals surface area (Å²) in [6.07, 6.45) is 0. The van der Waals surface area contributed by atoms with Crippen molar-refractivity contribution in [2.45, 2.75) is 47.6 Å². The van der Waals surface area contributed by atoms with E-state index in [-0.39, 0.29) is 11.8 Å². The van der Waals surface area contributed by atoms with E-state index in [9.17, 15) is 9.59 Å². The molecule has 0 saturated carbocycles. The molecule has 0 saturated heterocycles. The Morgan fingerprint density at radius 3 is 2.07 bits per heavy atom. The van der Waals surface area contributed by atoms with Gasteiger partial charge in [0.25, 0.3) is 0 Å². The summed E-state index contributed by atoms with van der Waals surface area (Å²) in [7, 11) is 0. The van der Waals surface area contributed by atoms with Crippen LogP contribution in [0.4, 0.5) is 17.1 Å². The summed E-state index contributed by atoms with van der Waals surface area (Å²) in [4.78, 5) is 24.5. The molecule has 2 rings (SSSR count). The highest BCUT2D eigenvalue weighted by atomic mass is 16.2. The van der Waals surface area contributed by atoms with Crippen molar-refractivity contribution in [1.82, 2.24) is 0 Å². The van der Waals surface area contributed by atoms with Crippen molar-refractivity contribution in [3.05, 3.63) is 53.6 Å². The van der Waals surface area contributed by atoms with Gasteiger partial charge in [-0.25, -0.2) is 0 Å². The predicted octanol–water partition coefficient (Wildman–Crippen LogP) is 4.73. The maximum atomic E-state index is 12.5. The summed E-state index contributed by atoms with van der Waals surface area (Å²) < 4.78 is 0. The van der Waals surface area contributed by atoms with E-state index in [0.29, 0.717) is 0 Å². The van der Waals surface area contributed by atoms with Gasteiger partial charge in [-0.1, -0.05) is 32.9 Å². The van der Waals surface area contributed by atoms with Gasteiger partial charge in [0.05, 0.1) is 0 Å². The number of rotatable bonds is 5. The monoisotopic (exact) mass is 367 g/mol. The van der Waals surface area contributed by atoms with Crippen LogP contribution in [-0.4, -0.2) is 17.9 Å². The Hall–Kier alpha value is -2.82. The number of nitrogens with one attached hydrogen (secondary N) is 3. The molecular formula is C22H29N3O2. The molecular weight excluding hydrogens is 338 g/mol. The number of aryl methyl sites for hydroxylation is 2. The Balaban J connectivity index is 1.97. The van der Waals surface area contributed by atoms with E-state index >= 15 is 0 Å². The number of hydrogen-bond donors (Lipinski definition) is 3. The minimum absolute atomic E-state index is 0.0375. The van der Waals surface area contributed by atoms with Crippen LogP contribution in [0, 0.1) is 19.3 Å². The third-order valence-corrected chi connectivity index (χ3v) is 4.25. The van der Waals surface area contributed by atoms with E-state index in [2.05, 4.69) is 16.0 Å². The van der Waals surface area contributed by atoms with E-state index in [0.717, 1.165) is 28.2 Å². The molecule has 0 aliphatic heterocycles. The second-order valence-corrected chi connectivity index (χ2v) is 7.96. The van der Waals surface area contributed by atoms with Crippen LogP contribution in [0.25, 0.3) is 0 Å². The first kappa shape index (κ1) is 20.5. The molecule has 1 atom stereocenters. The van der Waals surface area contributed by atoms with Crippen LogP contribution in [0.15, 0.2) is 42.5 Å². The Labute approximate surface area is 161 Å². The average Bonchev–Trinajstić information content (AvgIpc) is 2.59. The number of amides is 2. The first-order valence-corrected chi connectivity index (χ1v) is 9.12. The molecule has 0 heterocycles. The van der Waals surface area contributed by atoms with Gasteiger partial charge >= 0.3 is 0 Å². The molecule has 3 N–H and O–H groups in total. The lowest BCUT2D eigenvalue weighted by Gasteiger charge is -2.19. The second-order valence-electron chi connectivity index (χ2n) is 7.96. The van der Waals surface area contributed by atoms with Crippen LogP contribution in [0.1, 0.15) is 38.8 Å². The van der Waals surface area contributed by atoms with Crippen molar-refractivity contribution in [2.24, 2.45) is 5.41 Å².